The van der Waals surface area contributed by atoms with Gasteiger partial charge in [0.15, 0.2) is 6.61 Å². The number of ether oxygens (including phenoxy) is 1. The van der Waals surface area contributed by atoms with Crippen LogP contribution >= 0.6 is 15.9 Å². The first-order chi connectivity index (χ1) is 12.3. The molecule has 0 heterocycles. The second-order valence-corrected chi connectivity index (χ2v) is 8.70. The van der Waals surface area contributed by atoms with Crippen molar-refractivity contribution in [2.45, 2.75) is 78.3 Å². The molecule has 2 N–H and O–H groups in total. The zero-order valence-electron chi connectivity index (χ0n) is 16.8. The number of hydrogen-bond acceptors (Lipinski definition) is 3. The van der Waals surface area contributed by atoms with Gasteiger partial charge in [0.25, 0.3) is 5.91 Å². The number of carbonyl (C=O) groups is 1. The summed E-state index contributed by atoms with van der Waals surface area (Å²) in [5, 5.41) is 6.40. The number of carbonyl (C=O) groups excluding carboxylic acids is 1. The Morgan fingerprint density at radius 1 is 1.12 bits per heavy atom. The molecule has 0 aliphatic heterocycles. The number of hydrogen-bond donors (Lipinski definition) is 2. The third-order valence-electron chi connectivity index (χ3n) is 3.92. The van der Waals surface area contributed by atoms with E-state index in [9.17, 15) is 4.79 Å². The van der Waals surface area contributed by atoms with Crippen molar-refractivity contribution in [3.05, 3.63) is 28.2 Å². The van der Waals surface area contributed by atoms with Crippen LogP contribution in [0.25, 0.3) is 0 Å². The van der Waals surface area contributed by atoms with Crippen molar-refractivity contribution in [2.24, 2.45) is 0 Å². The first kappa shape index (κ1) is 23.0. The molecular weight excluding hydrogens is 392 g/mol. The molecule has 0 saturated heterocycles. The lowest BCUT2D eigenvalue weighted by Crippen LogP contribution is -2.43. The summed E-state index contributed by atoms with van der Waals surface area (Å²) < 4.78 is 6.76. The van der Waals surface area contributed by atoms with Crippen LogP contribution in [0.1, 0.15) is 71.8 Å². The Balaban J connectivity index is 2.40. The lowest BCUT2D eigenvalue weighted by atomic mass is 10.1. The minimum absolute atomic E-state index is 0.0311. The molecule has 1 amide bonds. The normalized spacial score (nSPS) is 11.4. The maximum atomic E-state index is 12.0. The van der Waals surface area contributed by atoms with E-state index in [2.05, 4.69) is 33.5 Å². The van der Waals surface area contributed by atoms with Crippen molar-refractivity contribution in [3.63, 3.8) is 0 Å². The van der Waals surface area contributed by atoms with Crippen LogP contribution < -0.4 is 15.4 Å². The van der Waals surface area contributed by atoms with E-state index in [0.717, 1.165) is 28.9 Å². The van der Waals surface area contributed by atoms with Crippen LogP contribution in [0.4, 0.5) is 0 Å². The Labute approximate surface area is 167 Å². The van der Waals surface area contributed by atoms with Crippen molar-refractivity contribution in [1.82, 2.24) is 10.6 Å². The maximum Gasteiger partial charge on any atom is 0.258 e. The fraction of sp³-hybridized carbons (Fsp3) is 0.667. The average Bonchev–Trinajstić information content (AvgIpc) is 2.55. The summed E-state index contributed by atoms with van der Waals surface area (Å²) in [4.78, 5) is 12.0. The zero-order chi connectivity index (χ0) is 19.4. The van der Waals surface area contributed by atoms with E-state index < -0.39 is 0 Å². The second kappa shape index (κ2) is 12.3. The predicted molar refractivity (Wildman–Crippen MR) is 113 cm³/mol. The molecule has 0 aliphatic carbocycles. The molecule has 1 rings (SSSR count). The van der Waals surface area contributed by atoms with Gasteiger partial charge in [0, 0.05) is 22.1 Å². The monoisotopic (exact) mass is 426 g/mol. The fourth-order valence-electron chi connectivity index (χ4n) is 2.68. The molecule has 0 fully saturated rings. The Morgan fingerprint density at radius 3 is 2.50 bits per heavy atom. The van der Waals surface area contributed by atoms with Crippen molar-refractivity contribution in [2.75, 3.05) is 13.2 Å². The molecule has 0 aromatic heterocycles. The van der Waals surface area contributed by atoms with Crippen LogP contribution in [0.15, 0.2) is 22.7 Å². The highest BCUT2D eigenvalue weighted by Gasteiger charge is 2.14. The smallest absolute Gasteiger partial charge is 0.258 e. The lowest BCUT2D eigenvalue weighted by molar-refractivity contribution is -0.124. The predicted octanol–water partition coefficient (Wildman–Crippen LogP) is 5.19. The Bertz CT molecular complexity index is 541. The third kappa shape index (κ3) is 10.8. The topological polar surface area (TPSA) is 50.4 Å². The van der Waals surface area contributed by atoms with Gasteiger partial charge in [-0.15, -0.1) is 0 Å². The minimum Gasteiger partial charge on any atom is -0.483 e. The van der Waals surface area contributed by atoms with Gasteiger partial charge in [0.05, 0.1) is 0 Å². The highest BCUT2D eigenvalue weighted by molar-refractivity contribution is 9.10. The fourth-order valence-corrected chi connectivity index (χ4v) is 3.09. The molecule has 148 valence electrons. The summed E-state index contributed by atoms with van der Waals surface area (Å²) in [6.45, 7) is 9.90. The quantitative estimate of drug-likeness (QED) is 0.451. The summed E-state index contributed by atoms with van der Waals surface area (Å²) in [5.74, 6) is 0.652. The highest BCUT2D eigenvalue weighted by atomic mass is 79.9. The van der Waals surface area contributed by atoms with E-state index in [0.29, 0.717) is 0 Å². The van der Waals surface area contributed by atoms with Crippen molar-refractivity contribution in [1.29, 1.82) is 0 Å². The molecule has 1 aromatic rings. The highest BCUT2D eigenvalue weighted by Crippen LogP contribution is 2.23. The SMILES string of the molecule is CCCCCCCCNCc1cc(Br)ccc1OCC(=O)NC(C)(C)C. The number of rotatable bonds is 12. The van der Waals surface area contributed by atoms with E-state index in [1.165, 1.54) is 38.5 Å². The van der Waals surface area contributed by atoms with E-state index in [-0.39, 0.29) is 18.1 Å². The minimum atomic E-state index is -0.248. The molecule has 0 bridgehead atoms. The average molecular weight is 427 g/mol. The van der Waals surface area contributed by atoms with Gasteiger partial charge >= 0.3 is 0 Å². The summed E-state index contributed by atoms with van der Waals surface area (Å²) >= 11 is 3.51. The molecule has 0 unspecified atom stereocenters. The van der Waals surface area contributed by atoms with Gasteiger partial charge < -0.3 is 15.4 Å². The summed E-state index contributed by atoms with van der Waals surface area (Å²) in [6, 6.07) is 5.90. The number of halogens is 1. The van der Waals surface area contributed by atoms with Gasteiger partial charge in [-0.3, -0.25) is 4.79 Å². The van der Waals surface area contributed by atoms with Gasteiger partial charge in [-0.1, -0.05) is 55.0 Å². The Morgan fingerprint density at radius 2 is 1.81 bits per heavy atom. The van der Waals surface area contributed by atoms with Gasteiger partial charge in [-0.05, 0) is 51.9 Å². The van der Waals surface area contributed by atoms with Crippen LogP contribution in [0.5, 0.6) is 5.75 Å². The molecule has 4 nitrogen and oxygen atoms in total. The van der Waals surface area contributed by atoms with Gasteiger partial charge in [-0.2, -0.15) is 0 Å². The first-order valence-corrected chi connectivity index (χ1v) is 10.5. The molecule has 26 heavy (non-hydrogen) atoms. The Hall–Kier alpha value is -1.07. The summed E-state index contributed by atoms with van der Waals surface area (Å²) in [5.41, 5.74) is 0.815. The Kier molecular flexibility index (Phi) is 10.9. The molecule has 5 heteroatoms. The second-order valence-electron chi connectivity index (χ2n) is 7.78. The molecule has 0 aliphatic rings. The largest absolute Gasteiger partial charge is 0.483 e. The van der Waals surface area contributed by atoms with Gasteiger partial charge in [0.2, 0.25) is 0 Å². The molecule has 0 radical (unpaired) electrons. The van der Waals surface area contributed by atoms with E-state index in [1.807, 2.05) is 39.0 Å². The number of nitrogens with one attached hydrogen (secondary N) is 2. The maximum absolute atomic E-state index is 12.0. The summed E-state index contributed by atoms with van der Waals surface area (Å²) in [6.07, 6.45) is 7.77. The number of amides is 1. The standard InChI is InChI=1S/C21H35BrN2O2/c1-5-6-7-8-9-10-13-23-15-17-14-18(22)11-12-19(17)26-16-20(25)24-21(2,3)4/h11-12,14,23H,5-10,13,15-16H2,1-4H3,(H,24,25). The van der Waals surface area contributed by atoms with E-state index >= 15 is 0 Å². The van der Waals surface area contributed by atoms with Crippen LogP contribution in [0.3, 0.4) is 0 Å². The van der Waals surface area contributed by atoms with E-state index in [1.54, 1.807) is 0 Å². The first-order valence-electron chi connectivity index (χ1n) is 9.75. The van der Waals surface area contributed by atoms with Crippen LogP contribution in [-0.2, 0) is 11.3 Å². The number of benzene rings is 1. The van der Waals surface area contributed by atoms with Gasteiger partial charge in [-0.25, -0.2) is 0 Å². The van der Waals surface area contributed by atoms with Crippen LogP contribution in [-0.4, -0.2) is 24.6 Å². The third-order valence-corrected chi connectivity index (χ3v) is 4.41. The van der Waals surface area contributed by atoms with E-state index in [4.69, 9.17) is 4.74 Å². The number of unbranched alkanes of at least 4 members (excludes halogenated alkanes) is 5. The molecule has 0 saturated carbocycles. The van der Waals surface area contributed by atoms with Crippen LogP contribution in [0, 0.1) is 0 Å². The van der Waals surface area contributed by atoms with Crippen molar-refractivity contribution in [3.8, 4) is 5.75 Å². The molecule has 0 spiro atoms. The lowest BCUT2D eigenvalue weighted by Gasteiger charge is -2.21. The van der Waals surface area contributed by atoms with Crippen molar-refractivity contribution >= 4 is 21.8 Å². The molecule has 1 aromatic carbocycles. The van der Waals surface area contributed by atoms with Gasteiger partial charge in [0.1, 0.15) is 5.75 Å². The molecule has 0 atom stereocenters. The zero-order valence-corrected chi connectivity index (χ0v) is 18.4. The molecular formula is C21H35BrN2O2. The van der Waals surface area contributed by atoms with Crippen LogP contribution in [0.2, 0.25) is 0 Å². The summed E-state index contributed by atoms with van der Waals surface area (Å²) in [7, 11) is 0. The van der Waals surface area contributed by atoms with Crippen molar-refractivity contribution < 1.29 is 9.53 Å².